The number of aromatic nitrogens is 3. The Morgan fingerprint density at radius 2 is 2.00 bits per heavy atom. The van der Waals surface area contributed by atoms with Crippen LogP contribution in [0.4, 0.5) is 0 Å². The highest BCUT2D eigenvalue weighted by Crippen LogP contribution is 2.55. The maximum atomic E-state index is 13.1. The Bertz CT molecular complexity index is 1270. The van der Waals surface area contributed by atoms with Gasteiger partial charge in [0.15, 0.2) is 5.69 Å². The Labute approximate surface area is 202 Å². The quantitative estimate of drug-likeness (QED) is 0.646. The Morgan fingerprint density at radius 1 is 1.17 bits per heavy atom. The highest BCUT2D eigenvalue weighted by atomic mass is 16.2. The SMILES string of the molecule is CC1(C)C2CCC(C2)C1NC(=O)c1cn(-c2ccc3c(c2)C(=O)N(C2CCC(=O)NC2=O)C3)nn1. The van der Waals surface area contributed by atoms with Crippen LogP contribution in [0.5, 0.6) is 0 Å². The number of fused-ring (bicyclic) bond motifs is 3. The molecule has 1 saturated heterocycles. The van der Waals surface area contributed by atoms with Gasteiger partial charge in [-0.1, -0.05) is 25.1 Å². The van der Waals surface area contributed by atoms with Gasteiger partial charge in [0, 0.05) is 24.6 Å². The maximum absolute atomic E-state index is 13.1. The van der Waals surface area contributed by atoms with Crippen LogP contribution in [-0.4, -0.2) is 55.6 Å². The van der Waals surface area contributed by atoms with E-state index in [-0.39, 0.29) is 41.3 Å². The van der Waals surface area contributed by atoms with E-state index in [1.807, 2.05) is 12.1 Å². The van der Waals surface area contributed by atoms with Crippen molar-refractivity contribution in [3.05, 3.63) is 41.2 Å². The van der Waals surface area contributed by atoms with Crippen molar-refractivity contribution in [1.29, 1.82) is 0 Å². The van der Waals surface area contributed by atoms with Gasteiger partial charge in [-0.25, -0.2) is 4.68 Å². The Hall–Kier alpha value is -3.56. The van der Waals surface area contributed by atoms with Crippen molar-refractivity contribution in [2.24, 2.45) is 17.3 Å². The summed E-state index contributed by atoms with van der Waals surface area (Å²) in [4.78, 5) is 51.3. The number of imide groups is 1. The van der Waals surface area contributed by atoms with E-state index in [0.29, 0.717) is 36.1 Å². The summed E-state index contributed by atoms with van der Waals surface area (Å²) >= 11 is 0. The fourth-order valence-electron chi connectivity index (χ4n) is 6.55. The number of rotatable bonds is 4. The molecule has 2 N–H and O–H groups in total. The number of nitrogens with zero attached hydrogens (tertiary/aromatic N) is 4. The minimum Gasteiger partial charge on any atom is -0.347 e. The van der Waals surface area contributed by atoms with Crippen LogP contribution in [0.3, 0.4) is 0 Å². The Balaban J connectivity index is 1.18. The molecule has 3 fully saturated rings. The van der Waals surface area contributed by atoms with E-state index in [9.17, 15) is 19.2 Å². The van der Waals surface area contributed by atoms with E-state index >= 15 is 0 Å². The molecule has 35 heavy (non-hydrogen) atoms. The monoisotopic (exact) mass is 476 g/mol. The summed E-state index contributed by atoms with van der Waals surface area (Å²) in [6.07, 6.45) is 5.67. The molecular formula is C25H28N6O4. The van der Waals surface area contributed by atoms with Gasteiger partial charge in [-0.3, -0.25) is 24.5 Å². The van der Waals surface area contributed by atoms with E-state index < -0.39 is 11.9 Å². The first-order valence-electron chi connectivity index (χ1n) is 12.2. The lowest BCUT2D eigenvalue weighted by molar-refractivity contribution is -0.136. The summed E-state index contributed by atoms with van der Waals surface area (Å²) in [5.74, 6) is -0.0711. The predicted octanol–water partition coefficient (Wildman–Crippen LogP) is 1.58. The number of hydrogen-bond acceptors (Lipinski definition) is 6. The minimum absolute atomic E-state index is 0.0727. The molecule has 3 heterocycles. The van der Waals surface area contributed by atoms with Crippen LogP contribution in [0.1, 0.15) is 72.4 Å². The van der Waals surface area contributed by atoms with Gasteiger partial charge in [-0.15, -0.1) is 5.10 Å². The fraction of sp³-hybridized carbons (Fsp3) is 0.520. The lowest BCUT2D eigenvalue weighted by Crippen LogP contribution is -2.52. The van der Waals surface area contributed by atoms with E-state index in [4.69, 9.17) is 0 Å². The Kier molecular flexibility index (Phi) is 4.84. The van der Waals surface area contributed by atoms with E-state index in [1.54, 1.807) is 12.3 Å². The first-order valence-corrected chi connectivity index (χ1v) is 12.2. The summed E-state index contributed by atoms with van der Waals surface area (Å²) in [7, 11) is 0. The molecule has 2 aliphatic carbocycles. The van der Waals surface area contributed by atoms with E-state index in [1.165, 1.54) is 22.4 Å². The third-order valence-corrected chi connectivity index (χ3v) is 8.59. The number of carbonyl (C=O) groups is 4. The van der Waals surface area contributed by atoms with Gasteiger partial charge in [0.2, 0.25) is 11.8 Å². The molecule has 4 aliphatic rings. The number of amides is 4. The van der Waals surface area contributed by atoms with Crippen LogP contribution in [0, 0.1) is 17.3 Å². The van der Waals surface area contributed by atoms with Crippen LogP contribution in [-0.2, 0) is 16.1 Å². The molecule has 2 aromatic rings. The maximum Gasteiger partial charge on any atom is 0.273 e. The van der Waals surface area contributed by atoms with Crippen molar-refractivity contribution in [2.45, 2.75) is 64.6 Å². The lowest BCUT2D eigenvalue weighted by atomic mass is 9.73. The summed E-state index contributed by atoms with van der Waals surface area (Å²) in [5, 5.41) is 13.7. The largest absolute Gasteiger partial charge is 0.347 e. The number of carbonyl (C=O) groups excluding carboxylic acids is 4. The van der Waals surface area contributed by atoms with Crippen molar-refractivity contribution in [3.63, 3.8) is 0 Å². The zero-order valence-corrected chi connectivity index (χ0v) is 19.8. The van der Waals surface area contributed by atoms with Crippen LogP contribution in [0.25, 0.3) is 5.69 Å². The van der Waals surface area contributed by atoms with Crippen LogP contribution in [0.2, 0.25) is 0 Å². The summed E-state index contributed by atoms with van der Waals surface area (Å²) in [6, 6.07) is 4.82. The second-order valence-corrected chi connectivity index (χ2v) is 10.8. The van der Waals surface area contributed by atoms with Crippen molar-refractivity contribution in [2.75, 3.05) is 0 Å². The molecule has 2 saturated carbocycles. The molecule has 0 radical (unpaired) electrons. The Morgan fingerprint density at radius 3 is 2.74 bits per heavy atom. The van der Waals surface area contributed by atoms with Gasteiger partial charge in [0.25, 0.3) is 11.8 Å². The third-order valence-electron chi connectivity index (χ3n) is 8.59. The molecule has 182 valence electrons. The van der Waals surface area contributed by atoms with Crippen molar-refractivity contribution in [3.8, 4) is 5.69 Å². The first-order chi connectivity index (χ1) is 16.7. The van der Waals surface area contributed by atoms with Crippen LogP contribution in [0.15, 0.2) is 24.4 Å². The van der Waals surface area contributed by atoms with Gasteiger partial charge in [0.1, 0.15) is 6.04 Å². The first kappa shape index (κ1) is 21.9. The molecule has 6 rings (SSSR count). The second kappa shape index (κ2) is 7.73. The molecule has 1 aromatic heterocycles. The van der Waals surface area contributed by atoms with Crippen molar-refractivity contribution in [1.82, 2.24) is 30.5 Å². The van der Waals surface area contributed by atoms with E-state index in [2.05, 4.69) is 34.8 Å². The molecule has 2 aliphatic heterocycles. The minimum atomic E-state index is -0.659. The summed E-state index contributed by atoms with van der Waals surface area (Å²) in [6.45, 7) is 4.78. The van der Waals surface area contributed by atoms with Crippen molar-refractivity contribution < 1.29 is 19.2 Å². The molecule has 10 nitrogen and oxygen atoms in total. The van der Waals surface area contributed by atoms with Gasteiger partial charge in [-0.05, 0) is 60.6 Å². The van der Waals surface area contributed by atoms with Gasteiger partial charge >= 0.3 is 0 Å². The molecule has 2 bridgehead atoms. The van der Waals surface area contributed by atoms with Crippen molar-refractivity contribution >= 4 is 23.6 Å². The normalized spacial score (nSPS) is 28.9. The molecule has 10 heteroatoms. The number of benzene rings is 1. The summed E-state index contributed by atoms with van der Waals surface area (Å²) in [5.41, 5.74) is 2.20. The number of nitrogens with one attached hydrogen (secondary N) is 2. The van der Waals surface area contributed by atoms with Crippen LogP contribution < -0.4 is 10.6 Å². The average molecular weight is 477 g/mol. The van der Waals surface area contributed by atoms with Crippen LogP contribution >= 0.6 is 0 Å². The number of piperidine rings is 1. The highest BCUT2D eigenvalue weighted by molar-refractivity contribution is 6.05. The van der Waals surface area contributed by atoms with Gasteiger partial charge in [-0.2, -0.15) is 0 Å². The molecule has 4 unspecified atom stereocenters. The smallest absolute Gasteiger partial charge is 0.273 e. The second-order valence-electron chi connectivity index (χ2n) is 10.8. The van der Waals surface area contributed by atoms with Gasteiger partial charge < -0.3 is 10.2 Å². The fourth-order valence-corrected chi connectivity index (χ4v) is 6.55. The zero-order chi connectivity index (χ0) is 24.5. The number of hydrogen-bond donors (Lipinski definition) is 2. The highest BCUT2D eigenvalue weighted by Gasteiger charge is 2.53. The zero-order valence-electron chi connectivity index (χ0n) is 19.8. The van der Waals surface area contributed by atoms with Gasteiger partial charge in [0.05, 0.1) is 11.9 Å². The summed E-state index contributed by atoms with van der Waals surface area (Å²) < 4.78 is 1.49. The predicted molar refractivity (Wildman–Crippen MR) is 123 cm³/mol. The molecule has 0 spiro atoms. The molecule has 4 amide bonds. The molecular weight excluding hydrogens is 448 g/mol. The van der Waals surface area contributed by atoms with E-state index in [0.717, 1.165) is 12.0 Å². The average Bonchev–Trinajstić information content (AvgIpc) is 3.59. The molecule has 4 atom stereocenters. The lowest BCUT2D eigenvalue weighted by Gasteiger charge is -2.38. The third kappa shape index (κ3) is 3.45. The molecule has 1 aromatic carbocycles. The standard InChI is InChI=1S/C25H28N6O4/c1-25(2)15-5-3-13(9-15)21(25)27-22(33)18-12-31(29-28-18)16-6-4-14-11-30(24(35)17(14)10-16)19-7-8-20(32)26-23(19)34/h4,6,10,12-13,15,19,21H,3,5,7-9,11H2,1-2H3,(H,27,33)(H,26,32,34). The topological polar surface area (TPSA) is 126 Å².